The van der Waals surface area contributed by atoms with Gasteiger partial charge in [-0.05, 0) is 42.2 Å². The van der Waals surface area contributed by atoms with Gasteiger partial charge in [-0.25, -0.2) is 0 Å². The van der Waals surface area contributed by atoms with Crippen molar-refractivity contribution in [2.24, 2.45) is 0 Å². The molecule has 10 nitrogen and oxygen atoms in total. The van der Waals surface area contributed by atoms with E-state index in [0.717, 1.165) is 11.1 Å². The Bertz CT molecular complexity index is 1290. The Morgan fingerprint density at radius 3 is 2.36 bits per heavy atom. The number of anilines is 1. The number of carbonyl (C=O) groups excluding carboxylic acids is 2. The van der Waals surface area contributed by atoms with Crippen LogP contribution in [0.25, 0.3) is 0 Å². The molecule has 10 heteroatoms. The number of methoxy groups -OCH3 is 1. The number of hydrogen-bond acceptors (Lipinski definition) is 8. The molecule has 1 saturated heterocycles. The molecule has 1 amide bonds. The summed E-state index contributed by atoms with van der Waals surface area (Å²) in [6, 6.07) is 7.00. The molecular formula is C29H38N4O6. The molecule has 2 aromatic carbocycles. The zero-order valence-electron chi connectivity index (χ0n) is 23.4. The van der Waals surface area contributed by atoms with Crippen LogP contribution in [0.1, 0.15) is 65.1 Å². The number of ether oxygens (including phenoxy) is 2. The summed E-state index contributed by atoms with van der Waals surface area (Å²) >= 11 is 0. The maximum absolute atomic E-state index is 13.7. The summed E-state index contributed by atoms with van der Waals surface area (Å²) in [4.78, 5) is 29.6. The summed E-state index contributed by atoms with van der Waals surface area (Å²) < 4.78 is 11.5. The van der Waals surface area contributed by atoms with Crippen molar-refractivity contribution < 1.29 is 29.3 Å². The Morgan fingerprint density at radius 1 is 1.13 bits per heavy atom. The van der Waals surface area contributed by atoms with Gasteiger partial charge in [0.2, 0.25) is 0 Å². The number of fused-ring (bicyclic) bond motifs is 1. The van der Waals surface area contributed by atoms with Crippen LogP contribution in [0, 0.1) is 5.41 Å². The van der Waals surface area contributed by atoms with Crippen LogP contribution in [-0.2, 0) is 12.0 Å². The van der Waals surface area contributed by atoms with Crippen LogP contribution in [0.2, 0.25) is 0 Å². The number of aliphatic hydroxyl groups is 2. The zero-order valence-corrected chi connectivity index (χ0v) is 23.4. The molecule has 2 heterocycles. The number of amidine groups is 1. The number of carbonyl (C=O) groups is 2. The standard InChI is InChI=1S/C29H38N4O6/c1-7-39-25-10-17-12-33(27(30)18(17)11-19(25)28(37)31-5)13-22(34)16-8-20(29(2,3)4)26(38-6)21(9-16)32-14-23(35)24(36)15-32/h8-11,23-24,30,35-36H,7,12-15H2,1-6H3,(H,31,37). The van der Waals surface area contributed by atoms with Gasteiger partial charge in [-0.15, -0.1) is 0 Å². The molecule has 2 atom stereocenters. The summed E-state index contributed by atoms with van der Waals surface area (Å²) in [5.74, 6) is 0.732. The highest BCUT2D eigenvalue weighted by atomic mass is 16.5. The summed E-state index contributed by atoms with van der Waals surface area (Å²) in [6.07, 6.45) is -1.78. The van der Waals surface area contributed by atoms with Crippen LogP contribution in [-0.4, -0.2) is 85.2 Å². The lowest BCUT2D eigenvalue weighted by Crippen LogP contribution is -2.31. The predicted octanol–water partition coefficient (Wildman–Crippen LogP) is 2.32. The second-order valence-corrected chi connectivity index (χ2v) is 11.0. The second kappa shape index (κ2) is 10.9. The Morgan fingerprint density at radius 2 is 1.79 bits per heavy atom. The van der Waals surface area contributed by atoms with Crippen molar-refractivity contribution in [1.82, 2.24) is 10.2 Å². The molecule has 0 aromatic heterocycles. The summed E-state index contributed by atoms with van der Waals surface area (Å²) in [5.41, 5.74) is 3.33. The Labute approximate surface area is 229 Å². The molecule has 2 aliphatic rings. The van der Waals surface area contributed by atoms with Crippen LogP contribution in [0.4, 0.5) is 5.69 Å². The molecule has 2 aromatic rings. The Balaban J connectivity index is 1.66. The molecule has 210 valence electrons. The maximum atomic E-state index is 13.7. The number of β-amino-alcohol motifs (C(OH)–C–C–N with tert-alkyl or cyclic N) is 2. The van der Waals surface area contributed by atoms with E-state index in [4.69, 9.17) is 14.9 Å². The van der Waals surface area contributed by atoms with E-state index in [1.807, 2.05) is 38.7 Å². The van der Waals surface area contributed by atoms with Gasteiger partial charge in [-0.1, -0.05) is 20.8 Å². The molecule has 0 bridgehead atoms. The van der Waals surface area contributed by atoms with Crippen molar-refractivity contribution in [3.63, 3.8) is 0 Å². The van der Waals surface area contributed by atoms with Gasteiger partial charge in [0.15, 0.2) is 5.78 Å². The number of benzene rings is 2. The fourth-order valence-electron chi connectivity index (χ4n) is 5.16. The van der Waals surface area contributed by atoms with Gasteiger partial charge < -0.3 is 34.8 Å². The summed E-state index contributed by atoms with van der Waals surface area (Å²) in [5, 5.41) is 31.7. The van der Waals surface area contributed by atoms with Gasteiger partial charge in [0.1, 0.15) is 17.3 Å². The number of nitrogens with zero attached hydrogens (tertiary/aromatic N) is 2. The quantitative estimate of drug-likeness (QED) is 0.376. The maximum Gasteiger partial charge on any atom is 0.254 e. The van der Waals surface area contributed by atoms with Gasteiger partial charge in [0.05, 0.1) is 43.7 Å². The first-order valence-corrected chi connectivity index (χ1v) is 13.1. The lowest BCUT2D eigenvalue weighted by Gasteiger charge is -2.29. The number of Topliss-reactive ketones (excluding diaryl/α,β-unsaturated/α-hetero) is 1. The van der Waals surface area contributed by atoms with Crippen molar-refractivity contribution in [2.45, 2.75) is 51.9 Å². The van der Waals surface area contributed by atoms with Crippen LogP contribution < -0.4 is 19.7 Å². The van der Waals surface area contributed by atoms with E-state index in [1.54, 1.807) is 37.3 Å². The first kappa shape index (κ1) is 28.4. The third kappa shape index (κ3) is 5.44. The molecule has 0 aliphatic carbocycles. The van der Waals surface area contributed by atoms with Crippen LogP contribution >= 0.6 is 0 Å². The topological polar surface area (TPSA) is 135 Å². The number of aliphatic hydroxyl groups excluding tert-OH is 2. The Hall–Kier alpha value is -3.63. The van der Waals surface area contributed by atoms with Gasteiger partial charge >= 0.3 is 0 Å². The van der Waals surface area contributed by atoms with E-state index in [1.165, 1.54) is 0 Å². The van der Waals surface area contributed by atoms with E-state index < -0.39 is 12.2 Å². The van der Waals surface area contributed by atoms with E-state index >= 15 is 0 Å². The fourth-order valence-corrected chi connectivity index (χ4v) is 5.16. The number of rotatable bonds is 8. The van der Waals surface area contributed by atoms with Crippen molar-refractivity contribution >= 4 is 23.2 Å². The van der Waals surface area contributed by atoms with Gasteiger partial charge in [0.25, 0.3) is 5.91 Å². The van der Waals surface area contributed by atoms with Gasteiger partial charge in [0, 0.05) is 43.4 Å². The van der Waals surface area contributed by atoms with E-state index in [-0.39, 0.29) is 42.6 Å². The van der Waals surface area contributed by atoms with Gasteiger partial charge in [-0.2, -0.15) is 0 Å². The monoisotopic (exact) mass is 538 g/mol. The lowest BCUT2D eigenvalue weighted by atomic mass is 9.84. The SMILES string of the molecule is CCOc1cc2c(cc1C(=O)NC)C(=N)N(CC(=O)c1cc(N3CC(O)C(O)C3)c(OC)c(C(C)(C)C)c1)C2. The van der Waals surface area contributed by atoms with Crippen molar-refractivity contribution in [3.8, 4) is 11.5 Å². The first-order chi connectivity index (χ1) is 18.4. The second-order valence-electron chi connectivity index (χ2n) is 11.0. The van der Waals surface area contributed by atoms with Crippen LogP contribution in [0.5, 0.6) is 11.5 Å². The average molecular weight is 539 g/mol. The molecule has 4 rings (SSSR count). The largest absolute Gasteiger partial charge is 0.494 e. The number of ketones is 1. The van der Waals surface area contributed by atoms with Gasteiger partial charge in [-0.3, -0.25) is 15.0 Å². The molecular weight excluding hydrogens is 500 g/mol. The van der Waals surface area contributed by atoms with Crippen molar-refractivity contribution in [1.29, 1.82) is 5.41 Å². The Kier molecular flexibility index (Phi) is 7.90. The van der Waals surface area contributed by atoms with Crippen molar-refractivity contribution in [3.05, 3.63) is 52.1 Å². The molecule has 4 N–H and O–H groups in total. The van der Waals surface area contributed by atoms with E-state index in [9.17, 15) is 19.8 Å². The lowest BCUT2D eigenvalue weighted by molar-refractivity contribution is 0.0572. The third-order valence-corrected chi connectivity index (χ3v) is 7.25. The molecule has 0 spiro atoms. The number of nitrogens with one attached hydrogen (secondary N) is 2. The van der Waals surface area contributed by atoms with Crippen LogP contribution in [0.15, 0.2) is 24.3 Å². The molecule has 2 aliphatic heterocycles. The summed E-state index contributed by atoms with van der Waals surface area (Å²) in [7, 11) is 3.12. The highest BCUT2D eigenvalue weighted by Crippen LogP contribution is 2.41. The molecule has 1 fully saturated rings. The molecule has 0 radical (unpaired) electrons. The third-order valence-electron chi connectivity index (χ3n) is 7.25. The normalized spacial score (nSPS) is 18.8. The number of hydrogen-bond donors (Lipinski definition) is 4. The van der Waals surface area contributed by atoms with E-state index in [2.05, 4.69) is 5.32 Å². The number of amides is 1. The fraction of sp³-hybridized carbons (Fsp3) is 0.483. The molecule has 2 unspecified atom stereocenters. The highest BCUT2D eigenvalue weighted by molar-refractivity contribution is 6.08. The predicted molar refractivity (Wildman–Crippen MR) is 148 cm³/mol. The molecule has 0 saturated carbocycles. The summed E-state index contributed by atoms with van der Waals surface area (Å²) in [6.45, 7) is 9.08. The minimum Gasteiger partial charge on any atom is -0.494 e. The first-order valence-electron chi connectivity index (χ1n) is 13.1. The zero-order chi connectivity index (χ0) is 28.6. The minimum atomic E-state index is -0.892. The molecule has 39 heavy (non-hydrogen) atoms. The smallest absolute Gasteiger partial charge is 0.254 e. The highest BCUT2D eigenvalue weighted by Gasteiger charge is 2.35. The minimum absolute atomic E-state index is 0.0343. The van der Waals surface area contributed by atoms with Crippen LogP contribution in [0.3, 0.4) is 0 Å². The van der Waals surface area contributed by atoms with Crippen molar-refractivity contribution in [2.75, 3.05) is 45.3 Å². The average Bonchev–Trinajstić information content (AvgIpc) is 3.38. The van der Waals surface area contributed by atoms with E-state index in [0.29, 0.717) is 47.0 Å².